The Labute approximate surface area is 253 Å². The molecule has 0 saturated carbocycles. The fraction of sp³-hybridized carbons (Fsp3) is 0.500. The summed E-state index contributed by atoms with van der Waals surface area (Å²) < 4.78 is 13.8. The molecule has 222 valence electrons. The Balaban J connectivity index is 1.67. The van der Waals surface area contributed by atoms with Crippen molar-refractivity contribution in [1.82, 2.24) is 4.98 Å². The molecule has 5 atom stereocenters. The van der Waals surface area contributed by atoms with Gasteiger partial charge < -0.3 is 14.0 Å². The number of pyridine rings is 1. The molecule has 6 rings (SSSR count). The summed E-state index contributed by atoms with van der Waals surface area (Å²) in [5.41, 5.74) is 6.01. The SMILES string of the molecule is C#CCO[C@@H](c1ccnc2ccccc12)[C@H]1C[C@@H]2CC[N@@+]1(Cc1cc(C(C)(C)C)c(OC)c(C(C)(C)C)c1)C[C@@H]2C=C. The average molecular weight is 566 g/mol. The molecule has 0 spiro atoms. The Morgan fingerprint density at radius 2 is 1.79 bits per heavy atom. The summed E-state index contributed by atoms with van der Waals surface area (Å²) in [6.07, 6.45) is 12.1. The maximum Gasteiger partial charge on any atom is 0.136 e. The van der Waals surface area contributed by atoms with E-state index in [-0.39, 0.29) is 29.6 Å². The van der Waals surface area contributed by atoms with Crippen LogP contribution >= 0.6 is 0 Å². The van der Waals surface area contributed by atoms with Crippen LogP contribution in [0.1, 0.15) is 82.7 Å². The van der Waals surface area contributed by atoms with Crippen molar-refractivity contribution in [2.45, 2.75) is 83.9 Å². The highest BCUT2D eigenvalue weighted by atomic mass is 16.5. The van der Waals surface area contributed by atoms with E-state index in [1.807, 2.05) is 13.3 Å². The summed E-state index contributed by atoms with van der Waals surface area (Å²) in [6.45, 7) is 21.4. The normalized spacial score (nSPS) is 24.8. The van der Waals surface area contributed by atoms with Gasteiger partial charge in [0.15, 0.2) is 0 Å². The average Bonchev–Trinajstić information content (AvgIpc) is 2.96. The van der Waals surface area contributed by atoms with E-state index < -0.39 is 0 Å². The second-order valence-electron chi connectivity index (χ2n) is 14.6. The molecule has 0 amide bonds. The second-order valence-corrected chi connectivity index (χ2v) is 14.6. The van der Waals surface area contributed by atoms with Gasteiger partial charge in [0.2, 0.25) is 0 Å². The molecule has 3 aliphatic rings. The van der Waals surface area contributed by atoms with Crippen molar-refractivity contribution in [3.8, 4) is 18.1 Å². The van der Waals surface area contributed by atoms with E-state index in [1.165, 1.54) is 28.7 Å². The minimum Gasteiger partial charge on any atom is -0.496 e. The molecule has 3 saturated heterocycles. The number of methoxy groups -OCH3 is 1. The molecular formula is C38H49N2O2+. The van der Waals surface area contributed by atoms with Gasteiger partial charge in [-0.25, -0.2) is 0 Å². The largest absolute Gasteiger partial charge is 0.496 e. The van der Waals surface area contributed by atoms with Crippen molar-refractivity contribution >= 4 is 10.9 Å². The summed E-state index contributed by atoms with van der Waals surface area (Å²) in [6, 6.07) is 15.7. The summed E-state index contributed by atoms with van der Waals surface area (Å²) in [4.78, 5) is 4.66. The van der Waals surface area contributed by atoms with Gasteiger partial charge in [-0.1, -0.05) is 71.7 Å². The lowest BCUT2D eigenvalue weighted by atomic mass is 9.70. The molecule has 3 fully saturated rings. The molecular weight excluding hydrogens is 516 g/mol. The second kappa shape index (κ2) is 11.5. The fourth-order valence-corrected chi connectivity index (χ4v) is 7.75. The third-order valence-electron chi connectivity index (χ3n) is 9.83. The number of fused-ring (bicyclic) bond motifs is 4. The Kier molecular flexibility index (Phi) is 8.31. The number of quaternary nitrogens is 1. The zero-order chi connectivity index (χ0) is 30.3. The van der Waals surface area contributed by atoms with Crippen LogP contribution in [0.2, 0.25) is 0 Å². The van der Waals surface area contributed by atoms with Crippen LogP contribution in [-0.2, 0) is 22.1 Å². The van der Waals surface area contributed by atoms with Crippen molar-refractivity contribution in [3.63, 3.8) is 0 Å². The minimum absolute atomic E-state index is 0.0479. The van der Waals surface area contributed by atoms with Crippen molar-refractivity contribution < 1.29 is 14.0 Å². The number of benzene rings is 2. The van der Waals surface area contributed by atoms with Crippen LogP contribution in [0.25, 0.3) is 10.9 Å². The maximum absolute atomic E-state index is 6.68. The molecule has 3 aliphatic heterocycles. The number of hydrogen-bond donors (Lipinski definition) is 0. The topological polar surface area (TPSA) is 31.4 Å². The van der Waals surface area contributed by atoms with Gasteiger partial charge in [-0.2, -0.15) is 0 Å². The molecule has 3 aromatic rings. The first-order valence-electron chi connectivity index (χ1n) is 15.5. The Hall–Kier alpha value is -3.13. The smallest absolute Gasteiger partial charge is 0.136 e. The van der Waals surface area contributed by atoms with Crippen molar-refractivity contribution in [2.24, 2.45) is 11.8 Å². The minimum atomic E-state index is -0.120. The first-order chi connectivity index (χ1) is 19.9. The van der Waals surface area contributed by atoms with Gasteiger partial charge in [-0.3, -0.25) is 4.98 Å². The zero-order valence-corrected chi connectivity index (χ0v) is 26.7. The number of nitrogens with zero attached hydrogens (tertiary/aromatic N) is 2. The van der Waals surface area contributed by atoms with E-state index in [0.717, 1.165) is 47.2 Å². The molecule has 0 radical (unpaired) electrons. The van der Waals surface area contributed by atoms with E-state index in [0.29, 0.717) is 11.8 Å². The van der Waals surface area contributed by atoms with Crippen LogP contribution in [0.4, 0.5) is 0 Å². The monoisotopic (exact) mass is 565 g/mol. The number of aromatic nitrogens is 1. The van der Waals surface area contributed by atoms with Crippen molar-refractivity contribution in [2.75, 3.05) is 26.8 Å². The number of terminal acetylenes is 1. The van der Waals surface area contributed by atoms with Crippen LogP contribution in [0, 0.1) is 24.2 Å². The van der Waals surface area contributed by atoms with Crippen LogP contribution in [-0.4, -0.2) is 42.3 Å². The lowest BCUT2D eigenvalue weighted by Crippen LogP contribution is -2.67. The molecule has 0 aliphatic carbocycles. The predicted octanol–water partition coefficient (Wildman–Crippen LogP) is 8.14. The number of piperidine rings is 3. The van der Waals surface area contributed by atoms with E-state index >= 15 is 0 Å². The van der Waals surface area contributed by atoms with Gasteiger partial charge in [0, 0.05) is 47.0 Å². The van der Waals surface area contributed by atoms with Crippen LogP contribution in [0.3, 0.4) is 0 Å². The molecule has 4 heteroatoms. The Bertz CT molecular complexity index is 1450. The van der Waals surface area contributed by atoms with Gasteiger partial charge in [-0.05, 0) is 46.6 Å². The number of ether oxygens (including phenoxy) is 2. The first-order valence-corrected chi connectivity index (χ1v) is 15.5. The van der Waals surface area contributed by atoms with Gasteiger partial charge >= 0.3 is 0 Å². The molecule has 42 heavy (non-hydrogen) atoms. The van der Waals surface area contributed by atoms with Crippen molar-refractivity contribution in [1.29, 1.82) is 0 Å². The fourth-order valence-electron chi connectivity index (χ4n) is 7.75. The summed E-state index contributed by atoms with van der Waals surface area (Å²) >= 11 is 0. The highest BCUT2D eigenvalue weighted by molar-refractivity contribution is 5.82. The molecule has 1 aromatic heterocycles. The van der Waals surface area contributed by atoms with Gasteiger partial charge in [-0.15, -0.1) is 13.0 Å². The third-order valence-corrected chi connectivity index (χ3v) is 9.83. The van der Waals surface area contributed by atoms with E-state index in [9.17, 15) is 0 Å². The molecule has 0 unspecified atom stereocenters. The lowest BCUT2D eigenvalue weighted by Gasteiger charge is -2.58. The van der Waals surface area contributed by atoms with Gasteiger partial charge in [0.05, 0.1) is 25.7 Å². The van der Waals surface area contributed by atoms with E-state index in [4.69, 9.17) is 15.9 Å². The number of para-hydroxylation sites is 1. The summed E-state index contributed by atoms with van der Waals surface area (Å²) in [5.74, 6) is 4.90. The van der Waals surface area contributed by atoms with Gasteiger partial charge in [0.25, 0.3) is 0 Å². The highest BCUT2D eigenvalue weighted by Crippen LogP contribution is 2.50. The molecule has 4 heterocycles. The molecule has 0 N–H and O–H groups in total. The lowest BCUT2D eigenvalue weighted by molar-refractivity contribution is -0.985. The summed E-state index contributed by atoms with van der Waals surface area (Å²) in [7, 11) is 1.81. The molecule has 2 bridgehead atoms. The Morgan fingerprint density at radius 1 is 1.10 bits per heavy atom. The van der Waals surface area contributed by atoms with E-state index in [1.54, 1.807) is 0 Å². The molecule has 2 aromatic carbocycles. The summed E-state index contributed by atoms with van der Waals surface area (Å²) in [5, 5.41) is 1.15. The highest BCUT2D eigenvalue weighted by Gasteiger charge is 2.54. The Morgan fingerprint density at radius 3 is 2.40 bits per heavy atom. The van der Waals surface area contributed by atoms with Crippen LogP contribution in [0.15, 0.2) is 61.3 Å². The van der Waals surface area contributed by atoms with Crippen LogP contribution in [0.5, 0.6) is 5.75 Å². The van der Waals surface area contributed by atoms with E-state index in [2.05, 4.69) is 108 Å². The number of hydrogen-bond acceptors (Lipinski definition) is 3. The van der Waals surface area contributed by atoms with Gasteiger partial charge in [0.1, 0.15) is 31.0 Å². The molecule has 4 nitrogen and oxygen atoms in total. The van der Waals surface area contributed by atoms with Crippen LogP contribution < -0.4 is 4.74 Å². The first kappa shape index (κ1) is 30.3. The maximum atomic E-state index is 6.68. The third kappa shape index (κ3) is 5.62. The van der Waals surface area contributed by atoms with Crippen molar-refractivity contribution in [3.05, 3.63) is 83.6 Å². The quantitative estimate of drug-likeness (QED) is 0.157. The predicted molar refractivity (Wildman–Crippen MR) is 174 cm³/mol. The standard InChI is InChI=1S/C38H49N2O2/c1-10-20-42-35(30-16-18-39-33-15-13-12-14-29(30)33)34-23-28-17-19-40(34,25-27(28)11-2)24-26-21-31(37(3,4)5)36(41-9)32(22-26)38(6,7)8/h1,11-16,18,21-22,27-28,34-35H,2,17,19-20,23-25H2,3-9H3/q+1/t27-,28-,34+,35-,40+/m0/s1. The zero-order valence-electron chi connectivity index (χ0n) is 26.7. The number of rotatable bonds is 8.